The lowest BCUT2D eigenvalue weighted by Crippen LogP contribution is -2.45. The fourth-order valence-corrected chi connectivity index (χ4v) is 2.74. The molecule has 0 spiro atoms. The molecule has 1 aliphatic rings. The molecule has 0 saturated heterocycles. The second-order valence-electron chi connectivity index (χ2n) is 5.69. The molecule has 0 bridgehead atoms. The van der Waals surface area contributed by atoms with E-state index in [1.165, 1.54) is 0 Å². The molecule has 3 nitrogen and oxygen atoms in total. The van der Waals surface area contributed by atoms with E-state index in [0.717, 1.165) is 19.3 Å². The highest BCUT2D eigenvalue weighted by Gasteiger charge is 2.43. The topological polar surface area (TPSA) is 55.1 Å². The van der Waals surface area contributed by atoms with Crippen LogP contribution < -0.4 is 11.1 Å². The monoisotopic (exact) mass is 294 g/mol. The largest absolute Gasteiger partial charge is 0.391 e. The standard InChI is InChI=1S/C14H25F3N2O/c1-2-3-7-12(9-18)19-13(20)10-5-4-6-11(8-10)14(15,16)17/h10-12H,2-9,18H2,1H3,(H,19,20). The fourth-order valence-electron chi connectivity index (χ4n) is 2.74. The molecule has 0 aromatic carbocycles. The molecule has 0 aromatic heterocycles. The number of rotatable bonds is 6. The van der Waals surface area contributed by atoms with Crippen molar-refractivity contribution in [1.82, 2.24) is 5.32 Å². The van der Waals surface area contributed by atoms with Crippen LogP contribution >= 0.6 is 0 Å². The molecule has 118 valence electrons. The number of nitrogens with one attached hydrogen (secondary N) is 1. The minimum absolute atomic E-state index is 0.0829. The van der Waals surface area contributed by atoms with Gasteiger partial charge in [-0.1, -0.05) is 26.2 Å². The Morgan fingerprint density at radius 3 is 2.65 bits per heavy atom. The Kier molecular flexibility index (Phi) is 6.79. The SMILES string of the molecule is CCCCC(CN)NC(=O)C1CCCC(C(F)(F)F)C1. The molecule has 0 aromatic rings. The van der Waals surface area contributed by atoms with E-state index in [9.17, 15) is 18.0 Å². The molecule has 3 atom stereocenters. The molecule has 1 saturated carbocycles. The van der Waals surface area contributed by atoms with Gasteiger partial charge in [0.25, 0.3) is 0 Å². The molecular weight excluding hydrogens is 269 g/mol. The van der Waals surface area contributed by atoms with Crippen molar-refractivity contribution in [2.24, 2.45) is 17.6 Å². The number of unbranched alkanes of at least 4 members (excludes halogenated alkanes) is 1. The predicted octanol–water partition coefficient (Wildman–Crippen LogP) is 2.99. The smallest absolute Gasteiger partial charge is 0.352 e. The summed E-state index contributed by atoms with van der Waals surface area (Å²) in [6.07, 6.45) is -0.371. The fraction of sp³-hybridized carbons (Fsp3) is 0.929. The van der Waals surface area contributed by atoms with Gasteiger partial charge in [-0.25, -0.2) is 0 Å². The van der Waals surface area contributed by atoms with E-state index in [0.29, 0.717) is 19.4 Å². The molecule has 6 heteroatoms. The number of hydrogen-bond acceptors (Lipinski definition) is 2. The van der Waals surface area contributed by atoms with Crippen LogP contribution in [0.3, 0.4) is 0 Å². The van der Waals surface area contributed by atoms with Crippen LogP contribution in [0.4, 0.5) is 13.2 Å². The zero-order valence-electron chi connectivity index (χ0n) is 12.0. The third kappa shape index (κ3) is 5.31. The molecule has 1 rings (SSSR count). The van der Waals surface area contributed by atoms with E-state index in [1.807, 2.05) is 6.92 Å². The first kappa shape index (κ1) is 17.3. The normalized spacial score (nSPS) is 25.2. The summed E-state index contributed by atoms with van der Waals surface area (Å²) in [6, 6.07) is -0.117. The van der Waals surface area contributed by atoms with Crippen LogP contribution in [0.15, 0.2) is 0 Å². The molecule has 0 aliphatic heterocycles. The van der Waals surface area contributed by atoms with Gasteiger partial charge in [-0.15, -0.1) is 0 Å². The Hall–Kier alpha value is -0.780. The minimum Gasteiger partial charge on any atom is -0.352 e. The maximum Gasteiger partial charge on any atom is 0.391 e. The maximum atomic E-state index is 12.7. The molecule has 0 radical (unpaired) electrons. The van der Waals surface area contributed by atoms with Gasteiger partial charge in [0.05, 0.1) is 5.92 Å². The van der Waals surface area contributed by atoms with Crippen molar-refractivity contribution >= 4 is 5.91 Å². The lowest BCUT2D eigenvalue weighted by atomic mass is 9.80. The Bertz CT molecular complexity index is 307. The molecular formula is C14H25F3N2O. The van der Waals surface area contributed by atoms with Gasteiger partial charge in [-0.3, -0.25) is 4.79 Å². The van der Waals surface area contributed by atoms with Crippen molar-refractivity contribution in [3.8, 4) is 0 Å². The van der Waals surface area contributed by atoms with Crippen LogP contribution in [0.25, 0.3) is 0 Å². The third-order valence-electron chi connectivity index (χ3n) is 4.04. The highest BCUT2D eigenvalue weighted by Crippen LogP contribution is 2.39. The second kappa shape index (κ2) is 7.86. The van der Waals surface area contributed by atoms with Gasteiger partial charge in [-0.2, -0.15) is 13.2 Å². The lowest BCUT2D eigenvalue weighted by Gasteiger charge is -2.30. The Morgan fingerprint density at radius 2 is 2.10 bits per heavy atom. The Balaban J connectivity index is 2.49. The summed E-state index contributed by atoms with van der Waals surface area (Å²) >= 11 is 0. The molecule has 0 heterocycles. The first-order chi connectivity index (χ1) is 9.38. The van der Waals surface area contributed by atoms with Gasteiger partial charge in [-0.05, 0) is 25.7 Å². The Morgan fingerprint density at radius 1 is 1.40 bits per heavy atom. The Labute approximate surface area is 118 Å². The molecule has 3 N–H and O–H groups in total. The highest BCUT2D eigenvalue weighted by atomic mass is 19.4. The van der Waals surface area contributed by atoms with Crippen LogP contribution in [-0.2, 0) is 4.79 Å². The van der Waals surface area contributed by atoms with E-state index >= 15 is 0 Å². The van der Waals surface area contributed by atoms with E-state index in [-0.39, 0.29) is 24.8 Å². The summed E-state index contributed by atoms with van der Waals surface area (Å²) in [5, 5.41) is 2.81. The first-order valence-corrected chi connectivity index (χ1v) is 7.45. The van der Waals surface area contributed by atoms with E-state index < -0.39 is 18.0 Å². The second-order valence-corrected chi connectivity index (χ2v) is 5.69. The number of hydrogen-bond donors (Lipinski definition) is 2. The maximum absolute atomic E-state index is 12.7. The summed E-state index contributed by atoms with van der Waals surface area (Å²) in [5.74, 6) is -2.12. The van der Waals surface area contributed by atoms with Gasteiger partial charge in [0.2, 0.25) is 5.91 Å². The first-order valence-electron chi connectivity index (χ1n) is 7.45. The molecule has 1 amide bonds. The number of carbonyl (C=O) groups is 1. The van der Waals surface area contributed by atoms with Gasteiger partial charge < -0.3 is 11.1 Å². The van der Waals surface area contributed by atoms with Crippen molar-refractivity contribution in [3.63, 3.8) is 0 Å². The highest BCUT2D eigenvalue weighted by molar-refractivity contribution is 5.79. The predicted molar refractivity (Wildman–Crippen MR) is 72.0 cm³/mol. The van der Waals surface area contributed by atoms with E-state index in [4.69, 9.17) is 5.73 Å². The van der Waals surface area contributed by atoms with Gasteiger partial charge in [0.1, 0.15) is 0 Å². The van der Waals surface area contributed by atoms with Crippen LogP contribution in [0, 0.1) is 11.8 Å². The summed E-state index contributed by atoms with van der Waals surface area (Å²) < 4.78 is 38.2. The number of halogens is 3. The van der Waals surface area contributed by atoms with Gasteiger partial charge in [0, 0.05) is 18.5 Å². The number of amides is 1. The van der Waals surface area contributed by atoms with Crippen molar-refractivity contribution in [3.05, 3.63) is 0 Å². The molecule has 1 aliphatic carbocycles. The lowest BCUT2D eigenvalue weighted by molar-refractivity contribution is -0.186. The van der Waals surface area contributed by atoms with Crippen molar-refractivity contribution < 1.29 is 18.0 Å². The van der Waals surface area contributed by atoms with Crippen LogP contribution in [0.5, 0.6) is 0 Å². The summed E-state index contributed by atoms with van der Waals surface area (Å²) in [4.78, 5) is 12.1. The molecule has 3 unspecified atom stereocenters. The number of carbonyl (C=O) groups excluding carboxylic acids is 1. The molecule has 1 fully saturated rings. The average molecular weight is 294 g/mol. The zero-order valence-corrected chi connectivity index (χ0v) is 12.0. The summed E-state index contributed by atoms with van der Waals surface area (Å²) in [6.45, 7) is 2.38. The van der Waals surface area contributed by atoms with E-state index in [2.05, 4.69) is 5.32 Å². The van der Waals surface area contributed by atoms with Crippen LogP contribution in [0.2, 0.25) is 0 Å². The summed E-state index contributed by atoms with van der Waals surface area (Å²) in [5.41, 5.74) is 5.59. The van der Waals surface area contributed by atoms with E-state index in [1.54, 1.807) is 0 Å². The van der Waals surface area contributed by atoms with Gasteiger partial charge in [0.15, 0.2) is 0 Å². The third-order valence-corrected chi connectivity index (χ3v) is 4.04. The average Bonchev–Trinajstić information content (AvgIpc) is 2.42. The van der Waals surface area contributed by atoms with Crippen molar-refractivity contribution in [2.45, 2.75) is 64.1 Å². The van der Waals surface area contributed by atoms with Crippen LogP contribution in [0.1, 0.15) is 51.9 Å². The van der Waals surface area contributed by atoms with Crippen LogP contribution in [-0.4, -0.2) is 24.7 Å². The van der Waals surface area contributed by atoms with Crippen molar-refractivity contribution in [2.75, 3.05) is 6.54 Å². The van der Waals surface area contributed by atoms with Gasteiger partial charge >= 0.3 is 6.18 Å². The molecule has 20 heavy (non-hydrogen) atoms. The zero-order chi connectivity index (χ0) is 15.2. The van der Waals surface area contributed by atoms with Crippen molar-refractivity contribution in [1.29, 1.82) is 0 Å². The minimum atomic E-state index is -4.19. The quantitative estimate of drug-likeness (QED) is 0.791. The summed E-state index contributed by atoms with van der Waals surface area (Å²) in [7, 11) is 0. The number of nitrogens with two attached hydrogens (primary N) is 1. The number of alkyl halides is 3.